The predicted molar refractivity (Wildman–Crippen MR) is 106 cm³/mol. The Kier molecular flexibility index (Phi) is 6.29. The molecule has 0 aromatic heterocycles. The summed E-state index contributed by atoms with van der Waals surface area (Å²) in [6, 6.07) is 11.0. The third-order valence-corrected chi connectivity index (χ3v) is 6.22. The maximum atomic E-state index is 13.0. The number of likely N-dealkylation sites (tertiary alicyclic amines) is 1. The zero-order chi connectivity index (χ0) is 21.0. The first-order valence-electron chi connectivity index (χ1n) is 9.19. The van der Waals surface area contributed by atoms with Gasteiger partial charge in [-0.25, -0.2) is 17.5 Å². The summed E-state index contributed by atoms with van der Waals surface area (Å²) in [4.78, 5) is 25.3. The number of rotatable bonds is 5. The minimum Gasteiger partial charge on any atom is -0.339 e. The molecule has 1 aliphatic heterocycles. The Morgan fingerprint density at radius 1 is 1.00 bits per heavy atom. The van der Waals surface area contributed by atoms with E-state index in [1.807, 2.05) is 0 Å². The Morgan fingerprint density at radius 3 is 2.14 bits per heavy atom. The second-order valence-electron chi connectivity index (χ2n) is 6.90. The lowest BCUT2D eigenvalue weighted by Crippen LogP contribution is -2.46. The van der Waals surface area contributed by atoms with Gasteiger partial charge in [0.25, 0.3) is 5.91 Å². The predicted octanol–water partition coefficient (Wildman–Crippen LogP) is 2.37. The molecule has 2 N–H and O–H groups in total. The molecular weight excluding hydrogens is 397 g/mol. The number of nitrogens with zero attached hydrogens (tertiary/aromatic N) is 1. The zero-order valence-electron chi connectivity index (χ0n) is 15.9. The Bertz CT molecular complexity index is 983. The molecule has 3 rings (SSSR count). The maximum Gasteiger partial charge on any atom is 0.253 e. The van der Waals surface area contributed by atoms with Crippen molar-refractivity contribution < 1.29 is 22.4 Å². The highest BCUT2D eigenvalue weighted by Gasteiger charge is 2.27. The summed E-state index contributed by atoms with van der Waals surface area (Å²) < 4.78 is 40.9. The minimum absolute atomic E-state index is 0.108. The van der Waals surface area contributed by atoms with E-state index in [0.717, 1.165) is 0 Å². The molecule has 2 amide bonds. The molecule has 2 aromatic carbocycles. The van der Waals surface area contributed by atoms with E-state index in [2.05, 4.69) is 10.0 Å². The number of anilines is 1. The zero-order valence-corrected chi connectivity index (χ0v) is 16.7. The number of hydrogen-bond donors (Lipinski definition) is 2. The van der Waals surface area contributed by atoms with Crippen LogP contribution < -0.4 is 10.0 Å². The summed E-state index contributed by atoms with van der Waals surface area (Å²) in [6.45, 7) is 2.19. The summed E-state index contributed by atoms with van der Waals surface area (Å²) in [6.07, 6.45) is 0.965. The lowest BCUT2D eigenvalue weighted by Gasteiger charge is -2.32. The molecule has 0 spiro atoms. The first kappa shape index (κ1) is 20.9. The van der Waals surface area contributed by atoms with Crippen molar-refractivity contribution >= 4 is 27.5 Å². The van der Waals surface area contributed by atoms with Gasteiger partial charge in [0, 0.05) is 37.3 Å². The van der Waals surface area contributed by atoms with Gasteiger partial charge in [0.2, 0.25) is 15.9 Å². The molecule has 0 bridgehead atoms. The first-order valence-corrected chi connectivity index (χ1v) is 10.7. The van der Waals surface area contributed by atoms with Gasteiger partial charge in [-0.05, 0) is 61.4 Å². The van der Waals surface area contributed by atoms with Gasteiger partial charge in [-0.15, -0.1) is 0 Å². The van der Waals surface area contributed by atoms with Crippen molar-refractivity contribution in [3.05, 3.63) is 59.9 Å². The molecule has 29 heavy (non-hydrogen) atoms. The number of nitrogens with one attached hydrogen (secondary N) is 2. The molecule has 1 aliphatic rings. The van der Waals surface area contributed by atoms with Crippen molar-refractivity contribution in [3.8, 4) is 0 Å². The smallest absolute Gasteiger partial charge is 0.253 e. The fraction of sp³-hybridized carbons (Fsp3) is 0.300. The van der Waals surface area contributed by atoms with Gasteiger partial charge in [-0.1, -0.05) is 0 Å². The van der Waals surface area contributed by atoms with Crippen LogP contribution in [0.2, 0.25) is 0 Å². The monoisotopic (exact) mass is 419 g/mol. The van der Waals surface area contributed by atoms with Crippen molar-refractivity contribution in [1.82, 2.24) is 9.62 Å². The molecule has 9 heteroatoms. The second kappa shape index (κ2) is 8.71. The number of carbonyl (C=O) groups excluding carboxylic acids is 2. The Balaban J connectivity index is 1.57. The fourth-order valence-corrected chi connectivity index (χ4v) is 4.49. The summed E-state index contributed by atoms with van der Waals surface area (Å²) in [5.41, 5.74) is 0.925. The van der Waals surface area contributed by atoms with Crippen LogP contribution >= 0.6 is 0 Å². The van der Waals surface area contributed by atoms with Crippen molar-refractivity contribution in [2.75, 3.05) is 18.4 Å². The van der Waals surface area contributed by atoms with E-state index < -0.39 is 15.8 Å². The standard InChI is InChI=1S/C20H22FN3O4S/c1-14(25)22-17-6-8-19(9-7-17)29(27,28)23-18-10-12-24(13-11-18)20(26)15-2-4-16(21)5-3-15/h2-9,18,23H,10-13H2,1H3,(H,22,25). The van der Waals surface area contributed by atoms with Gasteiger partial charge in [0.1, 0.15) is 5.82 Å². The van der Waals surface area contributed by atoms with E-state index in [4.69, 9.17) is 0 Å². The highest BCUT2D eigenvalue weighted by molar-refractivity contribution is 7.89. The fourth-order valence-electron chi connectivity index (χ4n) is 3.18. The number of amides is 2. The van der Waals surface area contributed by atoms with Gasteiger partial charge >= 0.3 is 0 Å². The molecule has 154 valence electrons. The van der Waals surface area contributed by atoms with Gasteiger partial charge in [-0.2, -0.15) is 0 Å². The number of piperidine rings is 1. The number of carbonyl (C=O) groups is 2. The van der Waals surface area contributed by atoms with Crippen molar-refractivity contribution in [3.63, 3.8) is 0 Å². The number of hydrogen-bond acceptors (Lipinski definition) is 4. The van der Waals surface area contributed by atoms with Crippen LogP contribution in [-0.4, -0.2) is 44.3 Å². The van der Waals surface area contributed by atoms with Gasteiger partial charge < -0.3 is 10.2 Å². The molecule has 0 saturated carbocycles. The highest BCUT2D eigenvalue weighted by atomic mass is 32.2. The lowest BCUT2D eigenvalue weighted by molar-refractivity contribution is -0.114. The largest absolute Gasteiger partial charge is 0.339 e. The molecule has 1 fully saturated rings. The molecular formula is C20H22FN3O4S. The Morgan fingerprint density at radius 2 is 1.59 bits per heavy atom. The number of halogens is 1. The van der Waals surface area contributed by atoms with E-state index in [1.54, 1.807) is 4.90 Å². The molecule has 0 unspecified atom stereocenters. The van der Waals surface area contributed by atoms with Gasteiger partial charge in [0.05, 0.1) is 4.90 Å². The van der Waals surface area contributed by atoms with Crippen LogP contribution in [0.1, 0.15) is 30.1 Å². The maximum absolute atomic E-state index is 13.0. The molecule has 2 aromatic rings. The average Bonchev–Trinajstić information content (AvgIpc) is 2.68. The van der Waals surface area contributed by atoms with Gasteiger partial charge in [-0.3, -0.25) is 9.59 Å². The first-order chi connectivity index (χ1) is 13.7. The molecule has 0 radical (unpaired) electrons. The van der Waals surface area contributed by atoms with Crippen LogP contribution in [0, 0.1) is 5.82 Å². The van der Waals surface area contributed by atoms with E-state index >= 15 is 0 Å². The number of sulfonamides is 1. The van der Waals surface area contributed by atoms with Crippen LogP contribution in [0.5, 0.6) is 0 Å². The summed E-state index contributed by atoms with van der Waals surface area (Å²) >= 11 is 0. The van der Waals surface area contributed by atoms with Crippen LogP contribution in [0.3, 0.4) is 0 Å². The Labute approximate surface area is 169 Å². The van der Waals surface area contributed by atoms with E-state index in [0.29, 0.717) is 37.2 Å². The lowest BCUT2D eigenvalue weighted by atomic mass is 10.0. The normalized spacial score (nSPS) is 15.2. The van der Waals surface area contributed by atoms with Crippen molar-refractivity contribution in [2.24, 2.45) is 0 Å². The van der Waals surface area contributed by atoms with Crippen molar-refractivity contribution in [2.45, 2.75) is 30.7 Å². The van der Waals surface area contributed by atoms with E-state index in [1.165, 1.54) is 55.5 Å². The van der Waals surface area contributed by atoms with E-state index in [-0.39, 0.29) is 22.8 Å². The topological polar surface area (TPSA) is 95.6 Å². The summed E-state index contributed by atoms with van der Waals surface area (Å²) in [7, 11) is -3.71. The summed E-state index contributed by atoms with van der Waals surface area (Å²) in [5.74, 6) is -0.833. The molecule has 0 aliphatic carbocycles. The molecule has 1 heterocycles. The quantitative estimate of drug-likeness (QED) is 0.778. The molecule has 7 nitrogen and oxygen atoms in total. The van der Waals surface area contributed by atoms with Crippen molar-refractivity contribution in [1.29, 1.82) is 0 Å². The van der Waals surface area contributed by atoms with Crippen LogP contribution in [0.25, 0.3) is 0 Å². The minimum atomic E-state index is -3.71. The summed E-state index contributed by atoms with van der Waals surface area (Å²) in [5, 5.41) is 2.58. The number of benzene rings is 2. The third kappa shape index (κ3) is 5.39. The van der Waals surface area contributed by atoms with Crippen LogP contribution in [0.15, 0.2) is 53.4 Å². The Hall–Kier alpha value is -2.78. The second-order valence-corrected chi connectivity index (χ2v) is 8.61. The SMILES string of the molecule is CC(=O)Nc1ccc(S(=O)(=O)NC2CCN(C(=O)c3ccc(F)cc3)CC2)cc1. The van der Waals surface area contributed by atoms with Crippen LogP contribution in [0.4, 0.5) is 10.1 Å². The highest BCUT2D eigenvalue weighted by Crippen LogP contribution is 2.18. The van der Waals surface area contributed by atoms with Crippen LogP contribution in [-0.2, 0) is 14.8 Å². The van der Waals surface area contributed by atoms with Gasteiger partial charge in [0.15, 0.2) is 0 Å². The van der Waals surface area contributed by atoms with E-state index in [9.17, 15) is 22.4 Å². The third-order valence-electron chi connectivity index (χ3n) is 4.68. The average molecular weight is 419 g/mol. The molecule has 1 saturated heterocycles. The molecule has 0 atom stereocenters.